The highest BCUT2D eigenvalue weighted by Crippen LogP contribution is 2.23. The maximum absolute atomic E-state index is 12.4. The Morgan fingerprint density at radius 2 is 2.20 bits per heavy atom. The lowest BCUT2D eigenvalue weighted by atomic mass is 10.1. The van der Waals surface area contributed by atoms with Crippen molar-refractivity contribution in [2.24, 2.45) is 0 Å². The number of aromatic carboxylic acids is 1. The van der Waals surface area contributed by atoms with Crippen molar-refractivity contribution < 1.29 is 18.7 Å². The van der Waals surface area contributed by atoms with Crippen LogP contribution in [0.15, 0.2) is 10.9 Å². The van der Waals surface area contributed by atoms with Crippen LogP contribution < -0.4 is 5.56 Å². The van der Waals surface area contributed by atoms with Crippen molar-refractivity contribution in [3.63, 3.8) is 0 Å². The van der Waals surface area contributed by atoms with Crippen LogP contribution in [0.25, 0.3) is 0 Å². The Bertz CT molecular complexity index is 444. The Balaban J connectivity index is 3.54. The number of aromatic amines is 1. The molecule has 82 valence electrons. The molecule has 7 heteroatoms. The zero-order valence-corrected chi connectivity index (χ0v) is 8.02. The van der Waals surface area contributed by atoms with Crippen molar-refractivity contribution in [1.29, 1.82) is 0 Å². The molecule has 1 aromatic rings. The van der Waals surface area contributed by atoms with E-state index in [2.05, 4.69) is 4.98 Å². The van der Waals surface area contributed by atoms with Crippen molar-refractivity contribution in [3.05, 3.63) is 33.2 Å². The minimum Gasteiger partial charge on any atom is -0.478 e. The molecule has 0 amide bonds. The maximum atomic E-state index is 12.4. The number of aromatic nitrogens is 1. The second kappa shape index (κ2) is 4.39. The summed E-state index contributed by atoms with van der Waals surface area (Å²) < 4.78 is 24.9. The van der Waals surface area contributed by atoms with Gasteiger partial charge in [0.1, 0.15) is 0 Å². The van der Waals surface area contributed by atoms with Gasteiger partial charge in [0.15, 0.2) is 0 Å². The van der Waals surface area contributed by atoms with E-state index in [4.69, 9.17) is 16.7 Å². The number of H-pyrrole nitrogens is 1. The van der Waals surface area contributed by atoms with E-state index in [1.165, 1.54) is 0 Å². The molecule has 0 aliphatic carbocycles. The number of carbonyl (C=O) groups is 1. The van der Waals surface area contributed by atoms with Crippen LogP contribution in [0.1, 0.15) is 28.0 Å². The van der Waals surface area contributed by atoms with Crippen molar-refractivity contribution in [1.82, 2.24) is 4.98 Å². The largest absolute Gasteiger partial charge is 0.478 e. The van der Waals surface area contributed by atoms with Crippen LogP contribution in [0.2, 0.25) is 0 Å². The van der Waals surface area contributed by atoms with E-state index in [9.17, 15) is 18.4 Å². The minimum absolute atomic E-state index is 0.216. The number of nitrogens with one attached hydrogen (secondary N) is 1. The van der Waals surface area contributed by atoms with Crippen molar-refractivity contribution in [2.75, 3.05) is 0 Å². The molecule has 2 N–H and O–H groups in total. The predicted octanol–water partition coefficient (Wildman–Crippen LogP) is 1.75. The highest BCUT2D eigenvalue weighted by molar-refractivity contribution is 6.17. The fourth-order valence-corrected chi connectivity index (χ4v) is 1.36. The van der Waals surface area contributed by atoms with Crippen LogP contribution in [0, 0.1) is 0 Å². The van der Waals surface area contributed by atoms with Crippen molar-refractivity contribution >= 4 is 17.6 Å². The monoisotopic (exact) mass is 237 g/mol. The first kappa shape index (κ1) is 11.6. The molecule has 0 aliphatic heterocycles. The maximum Gasteiger partial charge on any atom is 0.338 e. The second-order valence-corrected chi connectivity index (χ2v) is 2.95. The summed E-state index contributed by atoms with van der Waals surface area (Å²) in [5.74, 6) is -1.89. The summed E-state index contributed by atoms with van der Waals surface area (Å²) in [6, 6.07) is 0.560. The van der Waals surface area contributed by atoms with Gasteiger partial charge in [-0.25, -0.2) is 13.6 Å². The van der Waals surface area contributed by atoms with E-state index in [0.29, 0.717) is 6.07 Å². The quantitative estimate of drug-likeness (QED) is 0.787. The van der Waals surface area contributed by atoms with Gasteiger partial charge in [-0.2, -0.15) is 0 Å². The highest BCUT2D eigenvalue weighted by atomic mass is 35.5. The zero-order chi connectivity index (χ0) is 11.6. The van der Waals surface area contributed by atoms with Crippen LogP contribution in [-0.4, -0.2) is 16.1 Å². The first-order valence-corrected chi connectivity index (χ1v) is 4.34. The molecule has 1 rings (SSSR count). The van der Waals surface area contributed by atoms with E-state index >= 15 is 0 Å². The average molecular weight is 238 g/mol. The summed E-state index contributed by atoms with van der Waals surface area (Å²) in [7, 11) is 0. The number of hydrogen-bond donors (Lipinski definition) is 2. The zero-order valence-electron chi connectivity index (χ0n) is 7.26. The number of hydrogen-bond acceptors (Lipinski definition) is 2. The van der Waals surface area contributed by atoms with E-state index in [0.717, 1.165) is 0 Å². The Morgan fingerprint density at radius 1 is 1.60 bits per heavy atom. The van der Waals surface area contributed by atoms with Gasteiger partial charge in [0.2, 0.25) is 5.56 Å². The van der Waals surface area contributed by atoms with Crippen molar-refractivity contribution in [2.45, 2.75) is 12.3 Å². The minimum atomic E-state index is -3.03. The van der Waals surface area contributed by atoms with Gasteiger partial charge in [-0.3, -0.25) is 4.79 Å². The van der Waals surface area contributed by atoms with Crippen LogP contribution in [0.4, 0.5) is 8.78 Å². The van der Waals surface area contributed by atoms with Gasteiger partial charge >= 0.3 is 5.97 Å². The number of pyridine rings is 1. The average Bonchev–Trinajstić information content (AvgIpc) is 2.15. The molecule has 0 bridgehead atoms. The topological polar surface area (TPSA) is 70.2 Å². The van der Waals surface area contributed by atoms with Gasteiger partial charge in [0.25, 0.3) is 6.43 Å². The summed E-state index contributed by atoms with van der Waals surface area (Å²) in [6.07, 6.45) is -3.03. The molecular weight excluding hydrogens is 232 g/mol. The van der Waals surface area contributed by atoms with Gasteiger partial charge in [0, 0.05) is 17.3 Å². The molecule has 1 aromatic heterocycles. The first-order chi connectivity index (χ1) is 6.97. The van der Waals surface area contributed by atoms with Crippen molar-refractivity contribution in [3.8, 4) is 0 Å². The summed E-state index contributed by atoms with van der Waals surface area (Å²) in [5.41, 5.74) is -2.47. The normalized spacial score (nSPS) is 10.7. The van der Waals surface area contributed by atoms with E-state index in [-0.39, 0.29) is 11.6 Å². The van der Waals surface area contributed by atoms with E-state index in [1.807, 2.05) is 0 Å². The van der Waals surface area contributed by atoms with Gasteiger partial charge in [-0.1, -0.05) is 0 Å². The standard InChI is InChI=1S/C8H6ClF2NO3/c9-2-4-6(8(14)15)3(7(10)11)1-5(13)12-4/h1,7H,2H2,(H,12,13)(H,14,15). The molecule has 0 atom stereocenters. The highest BCUT2D eigenvalue weighted by Gasteiger charge is 2.22. The molecule has 15 heavy (non-hydrogen) atoms. The van der Waals surface area contributed by atoms with E-state index < -0.39 is 29.1 Å². The third-order valence-corrected chi connectivity index (χ3v) is 2.00. The molecule has 0 spiro atoms. The lowest BCUT2D eigenvalue weighted by Gasteiger charge is -2.07. The summed E-state index contributed by atoms with van der Waals surface area (Å²) in [5, 5.41) is 8.70. The lowest BCUT2D eigenvalue weighted by molar-refractivity contribution is 0.0682. The van der Waals surface area contributed by atoms with Crippen LogP contribution >= 0.6 is 11.6 Å². The molecule has 0 aliphatic rings. The van der Waals surface area contributed by atoms with Crippen LogP contribution in [-0.2, 0) is 5.88 Å². The SMILES string of the molecule is O=C(O)c1c(C(F)F)cc(=O)[nH]c1CCl. The molecule has 1 heterocycles. The number of rotatable bonds is 3. The molecule has 0 saturated carbocycles. The lowest BCUT2D eigenvalue weighted by Crippen LogP contribution is -2.17. The Hall–Kier alpha value is -1.43. The summed E-state index contributed by atoms with van der Waals surface area (Å²) in [4.78, 5) is 23.7. The number of alkyl halides is 3. The predicted molar refractivity (Wildman–Crippen MR) is 48.5 cm³/mol. The smallest absolute Gasteiger partial charge is 0.338 e. The molecule has 0 saturated heterocycles. The van der Waals surface area contributed by atoms with Crippen LogP contribution in [0.5, 0.6) is 0 Å². The van der Waals surface area contributed by atoms with Gasteiger partial charge in [0.05, 0.1) is 11.4 Å². The molecular formula is C8H6ClF2NO3. The third kappa shape index (κ3) is 2.33. The van der Waals surface area contributed by atoms with Gasteiger partial charge < -0.3 is 10.1 Å². The van der Waals surface area contributed by atoms with Gasteiger partial charge in [-0.15, -0.1) is 11.6 Å². The third-order valence-electron chi connectivity index (χ3n) is 1.73. The molecule has 4 nitrogen and oxygen atoms in total. The van der Waals surface area contributed by atoms with Crippen LogP contribution in [0.3, 0.4) is 0 Å². The number of carboxylic acid groups (broad SMARTS) is 1. The molecule has 0 aromatic carbocycles. The molecule has 0 radical (unpaired) electrons. The Morgan fingerprint density at radius 3 is 2.60 bits per heavy atom. The molecule has 0 unspecified atom stereocenters. The number of carboxylic acids is 1. The van der Waals surface area contributed by atoms with Gasteiger partial charge in [-0.05, 0) is 0 Å². The second-order valence-electron chi connectivity index (χ2n) is 2.68. The number of halogens is 3. The van der Waals surface area contributed by atoms with E-state index in [1.54, 1.807) is 0 Å². The Labute approximate surface area is 87.5 Å². The fourth-order valence-electron chi connectivity index (χ4n) is 1.16. The Kier molecular flexibility index (Phi) is 3.41. The first-order valence-electron chi connectivity index (χ1n) is 3.81. The molecule has 0 fully saturated rings. The summed E-state index contributed by atoms with van der Waals surface area (Å²) >= 11 is 5.35. The fraction of sp³-hybridized carbons (Fsp3) is 0.250. The summed E-state index contributed by atoms with van der Waals surface area (Å²) in [6.45, 7) is 0.